The number of hydrogen-bond acceptors (Lipinski definition) is 2. The van der Waals surface area contributed by atoms with Crippen LogP contribution in [0.2, 0.25) is 5.28 Å². The molecule has 0 fully saturated rings. The summed E-state index contributed by atoms with van der Waals surface area (Å²) in [5, 5.41) is 1.47. The Balaban J connectivity index is 0.000000771. The highest BCUT2D eigenvalue weighted by atomic mass is 35.5. The van der Waals surface area contributed by atoms with Gasteiger partial charge in [0.15, 0.2) is 0 Å². The number of nitrogens with zero attached hydrogens (tertiary/aromatic N) is 2. The maximum atomic E-state index is 5.92. The second kappa shape index (κ2) is 5.66. The third-order valence-corrected chi connectivity index (χ3v) is 3.65. The van der Waals surface area contributed by atoms with Crippen molar-refractivity contribution in [2.24, 2.45) is 0 Å². The van der Waals surface area contributed by atoms with E-state index in [1.54, 1.807) is 0 Å². The lowest BCUT2D eigenvalue weighted by molar-refractivity contribution is 1.12. The van der Waals surface area contributed by atoms with Gasteiger partial charge < -0.3 is 0 Å². The van der Waals surface area contributed by atoms with Gasteiger partial charge >= 0.3 is 0 Å². The summed E-state index contributed by atoms with van der Waals surface area (Å²) in [6, 6.07) is 0. The van der Waals surface area contributed by atoms with E-state index in [1.807, 2.05) is 20.8 Å². The van der Waals surface area contributed by atoms with Gasteiger partial charge in [-0.2, -0.15) is 0 Å². The Labute approximate surface area is 114 Å². The van der Waals surface area contributed by atoms with Crippen LogP contribution in [-0.2, 0) is 0 Å². The number of halogens is 1. The zero-order valence-corrected chi connectivity index (χ0v) is 13.0. The average Bonchev–Trinajstić information content (AvgIpc) is 2.35. The van der Waals surface area contributed by atoms with Crippen LogP contribution in [0.4, 0.5) is 0 Å². The summed E-state index contributed by atoms with van der Waals surface area (Å²) in [4.78, 5) is 8.58. The van der Waals surface area contributed by atoms with Crippen LogP contribution in [-0.4, -0.2) is 9.97 Å². The molecule has 0 aliphatic heterocycles. The van der Waals surface area contributed by atoms with E-state index in [0.717, 1.165) is 16.6 Å². The molecule has 98 valence electrons. The first-order chi connectivity index (χ1) is 8.43. The lowest BCUT2D eigenvalue weighted by Crippen LogP contribution is -1.99. The minimum atomic E-state index is 0.329. The molecule has 0 unspecified atom stereocenters. The highest BCUT2D eigenvalue weighted by Gasteiger charge is 2.13. The molecule has 2 nitrogen and oxygen atoms in total. The van der Waals surface area contributed by atoms with Crippen molar-refractivity contribution in [3.8, 4) is 0 Å². The van der Waals surface area contributed by atoms with Crippen molar-refractivity contribution in [3.05, 3.63) is 33.2 Å². The second-order valence-electron chi connectivity index (χ2n) is 4.30. The van der Waals surface area contributed by atoms with E-state index in [4.69, 9.17) is 11.6 Å². The van der Waals surface area contributed by atoms with Gasteiger partial charge in [-0.1, -0.05) is 13.8 Å². The quantitative estimate of drug-likeness (QED) is 0.636. The minimum Gasteiger partial charge on any atom is -0.223 e. The minimum absolute atomic E-state index is 0.329. The first-order valence-corrected chi connectivity index (χ1v) is 6.71. The van der Waals surface area contributed by atoms with Crippen molar-refractivity contribution in [2.75, 3.05) is 0 Å². The summed E-state index contributed by atoms with van der Waals surface area (Å²) in [6.07, 6.45) is 0. The Kier molecular flexibility index (Phi) is 4.69. The van der Waals surface area contributed by atoms with E-state index in [1.165, 1.54) is 22.3 Å². The van der Waals surface area contributed by atoms with Crippen LogP contribution < -0.4 is 0 Å². The summed E-state index contributed by atoms with van der Waals surface area (Å²) in [5.74, 6) is 0. The monoisotopic (exact) mass is 264 g/mol. The average molecular weight is 265 g/mol. The third kappa shape index (κ3) is 2.35. The largest absolute Gasteiger partial charge is 0.223 e. The Morgan fingerprint density at radius 1 is 0.722 bits per heavy atom. The number of rotatable bonds is 0. The van der Waals surface area contributed by atoms with Gasteiger partial charge in [-0.25, -0.2) is 9.97 Å². The Bertz CT molecular complexity index is 589. The number of aryl methyl sites for hydroxylation is 3. The van der Waals surface area contributed by atoms with Crippen LogP contribution in [0.5, 0.6) is 0 Å². The van der Waals surface area contributed by atoms with E-state index >= 15 is 0 Å². The second-order valence-corrected chi connectivity index (χ2v) is 4.64. The smallest absolute Gasteiger partial charge is 0.223 e. The van der Waals surface area contributed by atoms with Crippen molar-refractivity contribution < 1.29 is 0 Å². The highest BCUT2D eigenvalue weighted by Crippen LogP contribution is 2.29. The molecule has 2 aromatic rings. The van der Waals surface area contributed by atoms with Gasteiger partial charge in [0.2, 0.25) is 5.28 Å². The Hall–Kier alpha value is -1.15. The van der Waals surface area contributed by atoms with Gasteiger partial charge in [0, 0.05) is 5.39 Å². The molecule has 1 aromatic heterocycles. The van der Waals surface area contributed by atoms with Gasteiger partial charge in [0.1, 0.15) is 0 Å². The molecule has 0 spiro atoms. The van der Waals surface area contributed by atoms with Crippen molar-refractivity contribution in [3.63, 3.8) is 0 Å². The number of aromatic nitrogens is 2. The van der Waals surface area contributed by atoms with Crippen molar-refractivity contribution in [2.45, 2.75) is 48.5 Å². The van der Waals surface area contributed by atoms with Gasteiger partial charge in [-0.3, -0.25) is 0 Å². The molecule has 0 saturated heterocycles. The van der Waals surface area contributed by atoms with E-state index < -0.39 is 0 Å². The summed E-state index contributed by atoms with van der Waals surface area (Å²) >= 11 is 5.92. The maximum absolute atomic E-state index is 5.92. The molecule has 0 aliphatic carbocycles. The van der Waals surface area contributed by atoms with E-state index in [9.17, 15) is 0 Å². The summed E-state index contributed by atoms with van der Waals surface area (Å²) < 4.78 is 0. The third-order valence-electron chi connectivity index (χ3n) is 3.48. The predicted molar refractivity (Wildman–Crippen MR) is 79.6 cm³/mol. The predicted octanol–water partition coefficient (Wildman–Crippen LogP) is 4.85. The fraction of sp³-hybridized carbons (Fsp3) is 0.467. The van der Waals surface area contributed by atoms with Gasteiger partial charge in [-0.15, -0.1) is 0 Å². The van der Waals surface area contributed by atoms with Crippen LogP contribution in [0.3, 0.4) is 0 Å². The van der Waals surface area contributed by atoms with Crippen LogP contribution in [0.15, 0.2) is 0 Å². The molecular formula is C15H21ClN2. The molecule has 0 aliphatic rings. The number of hydrogen-bond donors (Lipinski definition) is 0. The molecule has 1 aromatic carbocycles. The zero-order chi connectivity index (χ0) is 14.0. The lowest BCUT2D eigenvalue weighted by atomic mass is 9.94. The van der Waals surface area contributed by atoms with E-state index in [2.05, 4.69) is 37.7 Å². The molecule has 3 heteroatoms. The normalized spacial score (nSPS) is 10.2. The van der Waals surface area contributed by atoms with Crippen molar-refractivity contribution in [1.29, 1.82) is 0 Å². The van der Waals surface area contributed by atoms with Gasteiger partial charge in [-0.05, 0) is 68.5 Å². The van der Waals surface area contributed by atoms with Crippen molar-refractivity contribution >= 4 is 22.5 Å². The lowest BCUT2D eigenvalue weighted by Gasteiger charge is -2.14. The molecule has 0 saturated carbocycles. The van der Waals surface area contributed by atoms with E-state index in [0.29, 0.717) is 5.28 Å². The first kappa shape index (κ1) is 14.9. The maximum Gasteiger partial charge on any atom is 0.223 e. The number of fused-ring (bicyclic) bond motifs is 1. The van der Waals surface area contributed by atoms with Crippen molar-refractivity contribution in [1.82, 2.24) is 9.97 Å². The molecule has 1 heterocycles. The van der Waals surface area contributed by atoms with E-state index in [-0.39, 0.29) is 0 Å². The molecule has 0 bridgehead atoms. The summed E-state index contributed by atoms with van der Waals surface area (Å²) in [7, 11) is 0. The Morgan fingerprint density at radius 3 is 1.78 bits per heavy atom. The SMILES string of the molecule is CC.Cc1c(C)c(C)c2c(C)nc(Cl)nc2c1C. The highest BCUT2D eigenvalue weighted by molar-refractivity contribution is 6.28. The number of benzene rings is 1. The van der Waals surface area contributed by atoms with Crippen LogP contribution in [0.25, 0.3) is 10.9 Å². The molecule has 0 atom stereocenters. The standard InChI is InChI=1S/C13H15ClN2.C2H6/c1-6-7(2)9(4)12-11(8(6)3)10(5)15-13(14)16-12;1-2/h1-5H3;1-2H3. The van der Waals surface area contributed by atoms with Crippen LogP contribution >= 0.6 is 11.6 Å². The molecule has 18 heavy (non-hydrogen) atoms. The molecule has 0 radical (unpaired) electrons. The molecule has 0 N–H and O–H groups in total. The van der Waals surface area contributed by atoms with Gasteiger partial charge in [0.25, 0.3) is 0 Å². The molecule has 2 rings (SSSR count). The first-order valence-electron chi connectivity index (χ1n) is 6.33. The fourth-order valence-corrected chi connectivity index (χ4v) is 2.40. The zero-order valence-electron chi connectivity index (χ0n) is 12.3. The topological polar surface area (TPSA) is 25.8 Å². The van der Waals surface area contributed by atoms with Crippen LogP contribution in [0, 0.1) is 34.6 Å². The molecular weight excluding hydrogens is 244 g/mol. The molecule has 0 amide bonds. The summed E-state index contributed by atoms with van der Waals surface area (Å²) in [6.45, 7) is 14.5. The fourth-order valence-electron chi connectivity index (χ4n) is 2.19. The Morgan fingerprint density at radius 2 is 1.22 bits per heavy atom. The van der Waals surface area contributed by atoms with Crippen LogP contribution in [0.1, 0.15) is 41.8 Å². The van der Waals surface area contributed by atoms with Gasteiger partial charge in [0.05, 0.1) is 11.2 Å². The summed E-state index contributed by atoms with van der Waals surface area (Å²) in [5.41, 5.74) is 7.01.